The van der Waals surface area contributed by atoms with Crippen molar-refractivity contribution in [3.63, 3.8) is 0 Å². The van der Waals surface area contributed by atoms with Crippen molar-refractivity contribution in [2.75, 3.05) is 0 Å². The highest BCUT2D eigenvalue weighted by Crippen LogP contribution is 2.11. The molecule has 0 radical (unpaired) electrons. The van der Waals surface area contributed by atoms with E-state index in [-0.39, 0.29) is 0 Å². The van der Waals surface area contributed by atoms with Crippen molar-refractivity contribution in [2.45, 2.75) is 0 Å². The maximum Gasteiger partial charge on any atom is 0.159 e. The van der Waals surface area contributed by atoms with Crippen molar-refractivity contribution in [1.29, 1.82) is 0 Å². The smallest absolute Gasteiger partial charge is 0.159 e. The van der Waals surface area contributed by atoms with E-state index in [4.69, 9.17) is 0 Å². The van der Waals surface area contributed by atoms with Crippen LogP contribution in [0.2, 0.25) is 0 Å². The molecule has 18 heavy (non-hydrogen) atoms. The molecule has 0 aliphatic heterocycles. The number of aromatic nitrogens is 2. The third-order valence-corrected chi connectivity index (χ3v) is 2.73. The molecule has 2 aromatic heterocycles. The quantitative estimate of drug-likeness (QED) is 0.671. The minimum atomic E-state index is 0.785. The zero-order valence-corrected chi connectivity index (χ0v) is 9.82. The van der Waals surface area contributed by atoms with Crippen LogP contribution >= 0.6 is 0 Å². The van der Waals surface area contributed by atoms with Crippen molar-refractivity contribution in [3.8, 4) is 0 Å². The fourth-order valence-corrected chi connectivity index (χ4v) is 1.81. The molecule has 2 heteroatoms. The monoisotopic (exact) mass is 232 g/mol. The van der Waals surface area contributed by atoms with E-state index in [9.17, 15) is 0 Å². The molecule has 3 aromatic rings. The van der Waals surface area contributed by atoms with E-state index in [1.54, 1.807) is 6.20 Å². The van der Waals surface area contributed by atoms with Crippen molar-refractivity contribution < 1.29 is 0 Å². The average Bonchev–Trinajstić information content (AvgIpc) is 2.46. The van der Waals surface area contributed by atoms with Gasteiger partial charge in [0.25, 0.3) is 0 Å². The summed E-state index contributed by atoms with van der Waals surface area (Å²) in [7, 11) is 0. The first-order valence-electron chi connectivity index (χ1n) is 5.87. The second-order valence-electron chi connectivity index (χ2n) is 4.03. The van der Waals surface area contributed by atoms with Crippen LogP contribution in [0.25, 0.3) is 23.2 Å². The molecule has 86 valence electrons. The molecular formula is C16H12N2. The lowest BCUT2D eigenvalue weighted by atomic mass is 10.2. The van der Waals surface area contributed by atoms with Crippen molar-refractivity contribution in [1.82, 2.24) is 9.97 Å². The summed E-state index contributed by atoms with van der Waals surface area (Å²) in [4.78, 5) is 8.74. The number of fused-ring (bicyclic) bond motifs is 1. The summed E-state index contributed by atoms with van der Waals surface area (Å²) in [6.07, 6.45) is 5.82. The zero-order valence-electron chi connectivity index (χ0n) is 9.82. The molecule has 0 spiro atoms. The Bertz CT molecular complexity index is 688. The summed E-state index contributed by atoms with van der Waals surface area (Å²) in [6, 6.07) is 18.2. The lowest BCUT2D eigenvalue weighted by Gasteiger charge is -1.97. The van der Waals surface area contributed by atoms with Gasteiger partial charge in [-0.1, -0.05) is 36.4 Å². The average molecular weight is 232 g/mol. The molecule has 0 unspecified atom stereocenters. The predicted octanol–water partition coefficient (Wildman–Crippen LogP) is 3.80. The van der Waals surface area contributed by atoms with Crippen LogP contribution in [-0.4, -0.2) is 9.97 Å². The highest BCUT2D eigenvalue weighted by molar-refractivity contribution is 5.77. The van der Waals surface area contributed by atoms with Crippen LogP contribution in [0.15, 0.2) is 60.8 Å². The van der Waals surface area contributed by atoms with Crippen molar-refractivity contribution in [2.24, 2.45) is 0 Å². The lowest BCUT2D eigenvalue weighted by molar-refractivity contribution is 1.27. The van der Waals surface area contributed by atoms with Crippen LogP contribution in [0, 0.1) is 0 Å². The number of hydrogen-bond donors (Lipinski definition) is 0. The molecule has 2 nitrogen and oxygen atoms in total. The first kappa shape index (κ1) is 10.7. The molecule has 3 rings (SSSR count). The molecule has 1 aromatic carbocycles. The molecular weight excluding hydrogens is 220 g/mol. The minimum Gasteiger partial charge on any atom is -0.237 e. The van der Waals surface area contributed by atoms with E-state index in [0.29, 0.717) is 0 Å². The van der Waals surface area contributed by atoms with Crippen LogP contribution in [0.1, 0.15) is 11.3 Å². The Labute approximate surface area is 106 Å². The Balaban J connectivity index is 1.93. The largest absolute Gasteiger partial charge is 0.237 e. The Kier molecular flexibility index (Phi) is 2.84. The molecule has 0 saturated heterocycles. The molecule has 2 heterocycles. The van der Waals surface area contributed by atoms with E-state index >= 15 is 0 Å². The van der Waals surface area contributed by atoms with Crippen molar-refractivity contribution in [3.05, 3.63) is 72.1 Å². The van der Waals surface area contributed by atoms with Gasteiger partial charge < -0.3 is 0 Å². The number of nitrogens with zero attached hydrogens (tertiary/aromatic N) is 2. The maximum absolute atomic E-state index is 4.49. The number of pyridine rings is 2. The topological polar surface area (TPSA) is 25.8 Å². The van der Waals surface area contributed by atoms with E-state index in [1.165, 1.54) is 5.56 Å². The van der Waals surface area contributed by atoms with Gasteiger partial charge in [-0.3, -0.25) is 0 Å². The second kappa shape index (κ2) is 4.80. The molecule has 0 atom stereocenters. The summed E-state index contributed by atoms with van der Waals surface area (Å²) in [5.74, 6) is 0. The van der Waals surface area contributed by atoms with Gasteiger partial charge in [-0.15, -0.1) is 0 Å². The highest BCUT2D eigenvalue weighted by atomic mass is 14.8. The maximum atomic E-state index is 4.49. The normalized spacial score (nSPS) is 11.1. The number of hydrogen-bond acceptors (Lipinski definition) is 2. The van der Waals surface area contributed by atoms with E-state index in [1.807, 2.05) is 48.5 Å². The molecule has 0 amide bonds. The van der Waals surface area contributed by atoms with Gasteiger partial charge in [0.15, 0.2) is 5.65 Å². The van der Waals surface area contributed by atoms with Crippen LogP contribution < -0.4 is 0 Å². The van der Waals surface area contributed by atoms with Gasteiger partial charge in [0, 0.05) is 11.6 Å². The van der Waals surface area contributed by atoms with Gasteiger partial charge in [-0.05, 0) is 35.9 Å². The summed E-state index contributed by atoms with van der Waals surface area (Å²) >= 11 is 0. The molecule has 0 saturated carbocycles. The Morgan fingerprint density at radius 1 is 0.778 bits per heavy atom. The fourth-order valence-electron chi connectivity index (χ4n) is 1.81. The molecule has 0 aliphatic carbocycles. The van der Waals surface area contributed by atoms with Crippen LogP contribution in [0.4, 0.5) is 0 Å². The number of rotatable bonds is 2. The predicted molar refractivity (Wildman–Crippen MR) is 74.9 cm³/mol. The van der Waals surface area contributed by atoms with Gasteiger partial charge in [0.2, 0.25) is 0 Å². The van der Waals surface area contributed by atoms with Gasteiger partial charge in [0.1, 0.15) is 0 Å². The Hall–Kier alpha value is -2.48. The van der Waals surface area contributed by atoms with E-state index < -0.39 is 0 Å². The second-order valence-corrected chi connectivity index (χ2v) is 4.03. The SMILES string of the molecule is C(=Cc1ccc2cccnc2n1)c1ccccc1. The standard InChI is InChI=1S/C16H12N2/c1-2-5-13(6-3-1)8-10-15-11-9-14-7-4-12-17-16(14)18-15/h1-12H. The first-order valence-corrected chi connectivity index (χ1v) is 5.87. The third kappa shape index (κ3) is 2.28. The van der Waals surface area contributed by atoms with Crippen LogP contribution in [0.3, 0.4) is 0 Å². The van der Waals surface area contributed by atoms with Gasteiger partial charge in [-0.25, -0.2) is 9.97 Å². The summed E-state index contributed by atoms with van der Waals surface area (Å²) in [6.45, 7) is 0. The minimum absolute atomic E-state index is 0.785. The van der Waals surface area contributed by atoms with E-state index in [2.05, 4.69) is 28.2 Å². The van der Waals surface area contributed by atoms with Crippen LogP contribution in [0.5, 0.6) is 0 Å². The highest BCUT2D eigenvalue weighted by Gasteiger charge is 1.95. The fraction of sp³-hybridized carbons (Fsp3) is 0. The van der Waals surface area contributed by atoms with Gasteiger partial charge in [-0.2, -0.15) is 0 Å². The van der Waals surface area contributed by atoms with Gasteiger partial charge in [0.05, 0.1) is 5.69 Å². The number of benzene rings is 1. The third-order valence-electron chi connectivity index (χ3n) is 2.73. The molecule has 0 bridgehead atoms. The molecule has 0 N–H and O–H groups in total. The van der Waals surface area contributed by atoms with E-state index in [0.717, 1.165) is 16.7 Å². The Morgan fingerprint density at radius 2 is 1.67 bits per heavy atom. The lowest BCUT2D eigenvalue weighted by Crippen LogP contribution is -1.85. The Morgan fingerprint density at radius 3 is 2.56 bits per heavy atom. The zero-order chi connectivity index (χ0) is 12.2. The summed E-state index contributed by atoms with van der Waals surface area (Å²) < 4.78 is 0. The van der Waals surface area contributed by atoms with Gasteiger partial charge >= 0.3 is 0 Å². The molecule has 0 fully saturated rings. The van der Waals surface area contributed by atoms with Crippen LogP contribution in [-0.2, 0) is 0 Å². The van der Waals surface area contributed by atoms with Crippen molar-refractivity contribution >= 4 is 23.2 Å². The molecule has 0 aliphatic rings. The summed E-state index contributed by atoms with van der Waals surface area (Å²) in [5.41, 5.74) is 2.87. The summed E-state index contributed by atoms with van der Waals surface area (Å²) in [5, 5.41) is 1.06. The first-order chi connectivity index (χ1) is 8.92.